The third-order valence-corrected chi connectivity index (χ3v) is 4.11. The Hall–Kier alpha value is -1.28. The molecular weight excluding hydrogens is 475 g/mol. The lowest BCUT2D eigenvalue weighted by Gasteiger charge is -2.13. The van der Waals surface area contributed by atoms with Crippen molar-refractivity contribution < 1.29 is 4.42 Å². The lowest BCUT2D eigenvalue weighted by Crippen LogP contribution is -2.37. The highest BCUT2D eigenvalue weighted by molar-refractivity contribution is 14.0. The lowest BCUT2D eigenvalue weighted by atomic mass is 9.94. The number of hydrogen-bond acceptors (Lipinski definition) is 3. The number of hydrogen-bond donors (Lipinski definition) is 2. The molecule has 0 unspecified atom stereocenters. The predicted molar refractivity (Wildman–Crippen MR) is 123 cm³/mol. The van der Waals surface area contributed by atoms with Crippen molar-refractivity contribution in [3.05, 3.63) is 52.7 Å². The van der Waals surface area contributed by atoms with E-state index < -0.39 is 0 Å². The number of aryl methyl sites for hydroxylation is 1. The molecule has 27 heavy (non-hydrogen) atoms. The molecule has 150 valence electrons. The molecule has 0 aliphatic rings. The summed E-state index contributed by atoms with van der Waals surface area (Å²) in [5.74, 6) is 2.29. The second kappa shape index (κ2) is 11.5. The first kappa shape index (κ1) is 23.8. The first-order valence-corrected chi connectivity index (χ1v) is 9.48. The fourth-order valence-electron chi connectivity index (χ4n) is 2.37. The minimum absolute atomic E-state index is 0. The van der Waals surface area contributed by atoms with Crippen molar-refractivity contribution in [3.63, 3.8) is 0 Å². The van der Waals surface area contributed by atoms with Gasteiger partial charge in [-0.25, -0.2) is 9.98 Å². The van der Waals surface area contributed by atoms with E-state index in [1.807, 2.05) is 19.1 Å². The number of aliphatic imine (C=N–C) groups is 1. The Morgan fingerprint density at radius 3 is 2.48 bits per heavy atom. The molecule has 0 aliphatic heterocycles. The van der Waals surface area contributed by atoms with Crippen LogP contribution in [0.2, 0.25) is 5.02 Å². The summed E-state index contributed by atoms with van der Waals surface area (Å²) in [6.45, 7) is 10.4. The first-order valence-electron chi connectivity index (χ1n) is 9.10. The van der Waals surface area contributed by atoms with Crippen LogP contribution >= 0.6 is 35.6 Å². The highest BCUT2D eigenvalue weighted by atomic mass is 127. The molecule has 0 atom stereocenters. The van der Waals surface area contributed by atoms with Gasteiger partial charge in [0.05, 0.1) is 6.20 Å². The van der Waals surface area contributed by atoms with Crippen molar-refractivity contribution in [3.8, 4) is 0 Å². The molecule has 0 aliphatic carbocycles. The molecule has 2 rings (SSSR count). The zero-order valence-electron chi connectivity index (χ0n) is 16.5. The maximum absolute atomic E-state index is 5.91. The van der Waals surface area contributed by atoms with Gasteiger partial charge in [0, 0.05) is 23.5 Å². The number of oxazole rings is 1. The lowest BCUT2D eigenvalue weighted by molar-refractivity contribution is 0.383. The molecule has 5 nitrogen and oxygen atoms in total. The molecule has 0 spiro atoms. The standard InChI is InChI=1S/C20H29ClN4O.HI/c1-5-22-19(23-12-6-7-15-8-10-16(21)11-9-15)25-14-18-24-13-17(26-18)20(2,3)4;/h8-11,13H,5-7,12,14H2,1-4H3,(H2,22,23,25);1H. The quantitative estimate of drug-likeness (QED) is 0.243. The largest absolute Gasteiger partial charge is 0.443 e. The van der Waals surface area contributed by atoms with Crippen LogP contribution in [0.5, 0.6) is 0 Å². The van der Waals surface area contributed by atoms with Crippen LogP contribution in [0, 0.1) is 0 Å². The van der Waals surface area contributed by atoms with Crippen LogP contribution < -0.4 is 10.6 Å². The second-order valence-corrected chi connectivity index (χ2v) is 7.66. The zero-order chi connectivity index (χ0) is 19.0. The van der Waals surface area contributed by atoms with Crippen molar-refractivity contribution in [2.45, 2.75) is 52.5 Å². The Morgan fingerprint density at radius 2 is 1.89 bits per heavy atom. The minimum atomic E-state index is -0.0423. The highest BCUT2D eigenvalue weighted by Gasteiger charge is 2.18. The molecule has 0 saturated heterocycles. The van der Waals surface area contributed by atoms with Crippen molar-refractivity contribution in [1.82, 2.24) is 15.6 Å². The average Bonchev–Trinajstić information content (AvgIpc) is 3.07. The molecular formula is C20H30ClIN4O. The Labute approximate surface area is 184 Å². The molecule has 2 aromatic rings. The van der Waals surface area contributed by atoms with Crippen LogP contribution in [-0.4, -0.2) is 24.0 Å². The fourth-order valence-corrected chi connectivity index (χ4v) is 2.49. The zero-order valence-corrected chi connectivity index (χ0v) is 19.6. The van der Waals surface area contributed by atoms with E-state index in [1.165, 1.54) is 5.56 Å². The van der Waals surface area contributed by atoms with E-state index >= 15 is 0 Å². The van der Waals surface area contributed by atoms with Gasteiger partial charge >= 0.3 is 0 Å². The molecule has 1 aromatic heterocycles. The number of nitrogens with zero attached hydrogens (tertiary/aromatic N) is 2. The van der Waals surface area contributed by atoms with Gasteiger partial charge in [0.2, 0.25) is 5.89 Å². The summed E-state index contributed by atoms with van der Waals surface area (Å²) in [5, 5.41) is 7.37. The number of guanidine groups is 1. The summed E-state index contributed by atoms with van der Waals surface area (Å²) in [6.07, 6.45) is 3.80. The minimum Gasteiger partial charge on any atom is -0.443 e. The third-order valence-electron chi connectivity index (χ3n) is 3.86. The molecule has 0 amide bonds. The van der Waals surface area contributed by atoms with E-state index in [0.29, 0.717) is 12.4 Å². The Morgan fingerprint density at radius 1 is 1.19 bits per heavy atom. The maximum atomic E-state index is 5.91. The van der Waals surface area contributed by atoms with Crippen molar-refractivity contribution >= 4 is 41.5 Å². The molecule has 0 radical (unpaired) electrons. The van der Waals surface area contributed by atoms with Crippen LogP contribution in [0.15, 0.2) is 39.9 Å². The van der Waals surface area contributed by atoms with Gasteiger partial charge in [-0.2, -0.15) is 0 Å². The van der Waals surface area contributed by atoms with Crippen LogP contribution in [0.25, 0.3) is 0 Å². The molecule has 0 saturated carbocycles. The van der Waals surface area contributed by atoms with Crippen molar-refractivity contribution in [1.29, 1.82) is 0 Å². The summed E-state index contributed by atoms with van der Waals surface area (Å²) in [7, 11) is 0. The van der Waals surface area contributed by atoms with E-state index in [1.54, 1.807) is 6.20 Å². The van der Waals surface area contributed by atoms with Gasteiger partial charge < -0.3 is 15.1 Å². The average molecular weight is 505 g/mol. The SMILES string of the molecule is CCNC(=NCc1ncc(C(C)(C)C)o1)NCCCc1ccc(Cl)cc1.I. The summed E-state index contributed by atoms with van der Waals surface area (Å²) in [6, 6.07) is 7.99. The Bertz CT molecular complexity index is 708. The molecule has 0 bridgehead atoms. The number of nitrogens with one attached hydrogen (secondary N) is 2. The first-order chi connectivity index (χ1) is 12.4. The normalized spacial score (nSPS) is 11.8. The van der Waals surface area contributed by atoms with Crippen LogP contribution in [0.4, 0.5) is 0 Å². The molecule has 1 aromatic carbocycles. The summed E-state index contributed by atoms with van der Waals surface area (Å²) < 4.78 is 5.79. The van der Waals surface area contributed by atoms with Gasteiger partial charge in [0.15, 0.2) is 5.96 Å². The van der Waals surface area contributed by atoms with E-state index in [4.69, 9.17) is 16.0 Å². The van der Waals surface area contributed by atoms with E-state index in [2.05, 4.69) is 53.5 Å². The maximum Gasteiger partial charge on any atom is 0.216 e. The summed E-state index contributed by atoms with van der Waals surface area (Å²) >= 11 is 5.91. The van der Waals surface area contributed by atoms with Gasteiger partial charge in [0.1, 0.15) is 12.3 Å². The van der Waals surface area contributed by atoms with E-state index in [0.717, 1.165) is 42.7 Å². The van der Waals surface area contributed by atoms with E-state index in [-0.39, 0.29) is 29.4 Å². The Balaban J connectivity index is 0.00000364. The second-order valence-electron chi connectivity index (χ2n) is 7.22. The number of aromatic nitrogens is 1. The molecule has 1 heterocycles. The highest BCUT2D eigenvalue weighted by Crippen LogP contribution is 2.22. The summed E-state index contributed by atoms with van der Waals surface area (Å²) in [4.78, 5) is 8.87. The van der Waals surface area contributed by atoms with Gasteiger partial charge in [-0.05, 0) is 37.5 Å². The Kier molecular flexibility index (Phi) is 10.2. The van der Waals surface area contributed by atoms with Crippen molar-refractivity contribution in [2.75, 3.05) is 13.1 Å². The number of rotatable bonds is 7. The predicted octanol–water partition coefficient (Wildman–Crippen LogP) is 4.93. The summed E-state index contributed by atoms with van der Waals surface area (Å²) in [5.41, 5.74) is 1.24. The van der Waals surface area contributed by atoms with Crippen LogP contribution in [0.3, 0.4) is 0 Å². The van der Waals surface area contributed by atoms with Gasteiger partial charge in [-0.15, -0.1) is 24.0 Å². The van der Waals surface area contributed by atoms with Crippen molar-refractivity contribution in [2.24, 2.45) is 4.99 Å². The number of benzene rings is 1. The van der Waals surface area contributed by atoms with E-state index in [9.17, 15) is 0 Å². The van der Waals surface area contributed by atoms with Gasteiger partial charge in [-0.3, -0.25) is 0 Å². The fraction of sp³-hybridized carbons (Fsp3) is 0.500. The van der Waals surface area contributed by atoms with Gasteiger partial charge in [0.25, 0.3) is 0 Å². The monoisotopic (exact) mass is 504 g/mol. The molecule has 2 N–H and O–H groups in total. The smallest absolute Gasteiger partial charge is 0.216 e. The molecule has 7 heteroatoms. The van der Waals surface area contributed by atoms with Crippen LogP contribution in [0.1, 0.15) is 51.3 Å². The number of halogens is 2. The molecule has 0 fully saturated rings. The topological polar surface area (TPSA) is 62.5 Å². The third kappa shape index (κ3) is 8.51. The van der Waals surface area contributed by atoms with Gasteiger partial charge in [-0.1, -0.05) is 44.5 Å². The van der Waals surface area contributed by atoms with Crippen LogP contribution in [-0.2, 0) is 18.4 Å².